The van der Waals surface area contributed by atoms with E-state index in [-0.39, 0.29) is 12.1 Å². The molecule has 2 aliphatic rings. The molecule has 0 fully saturated rings. The van der Waals surface area contributed by atoms with Crippen LogP contribution in [0.4, 0.5) is 5.95 Å². The molecular weight excluding hydrogens is 436 g/mol. The van der Waals surface area contributed by atoms with Gasteiger partial charge in [-0.2, -0.15) is 10.1 Å². The number of thiophene rings is 1. The van der Waals surface area contributed by atoms with Crippen molar-refractivity contribution < 1.29 is 14.2 Å². The van der Waals surface area contributed by atoms with E-state index in [4.69, 9.17) is 14.2 Å². The van der Waals surface area contributed by atoms with Gasteiger partial charge in [0.05, 0.1) is 19.9 Å². The highest BCUT2D eigenvalue weighted by Gasteiger charge is 2.41. The van der Waals surface area contributed by atoms with Crippen molar-refractivity contribution in [2.24, 2.45) is 0 Å². The van der Waals surface area contributed by atoms with Gasteiger partial charge in [-0.1, -0.05) is 23.8 Å². The number of methoxy groups -OCH3 is 2. The monoisotopic (exact) mass is 458 g/mol. The van der Waals surface area contributed by atoms with Crippen molar-refractivity contribution in [3.63, 3.8) is 0 Å². The van der Waals surface area contributed by atoms with Crippen LogP contribution in [0.3, 0.4) is 0 Å². The number of aromatic nitrogens is 3. The summed E-state index contributed by atoms with van der Waals surface area (Å²) in [6.45, 7) is 2.09. The Morgan fingerprint density at radius 2 is 1.94 bits per heavy atom. The summed E-state index contributed by atoms with van der Waals surface area (Å²) in [5.74, 6) is 2.88. The third-order valence-electron chi connectivity index (χ3n) is 6.09. The van der Waals surface area contributed by atoms with E-state index >= 15 is 0 Å². The lowest BCUT2D eigenvalue weighted by Gasteiger charge is -2.38. The van der Waals surface area contributed by atoms with Crippen LogP contribution >= 0.6 is 11.3 Å². The Balaban J connectivity index is 1.63. The standard InChI is InChI=1S/C25H22N4O3S/c1-14-6-8-17-16(11-14)22-21(24(32-17)20-5-4-10-33-20)23(29-25(28-22)26-13-27-29)15-7-9-18(30-2)19(12-15)31-3/h4-13,23-24H,1-3H3,(H,26,27,28)/t23-,24+/m0/s1. The van der Waals surface area contributed by atoms with Gasteiger partial charge >= 0.3 is 0 Å². The summed E-state index contributed by atoms with van der Waals surface area (Å²) in [5.41, 5.74) is 5.29. The second kappa shape index (κ2) is 7.67. The number of anilines is 1. The van der Waals surface area contributed by atoms with Crippen molar-refractivity contribution in [1.82, 2.24) is 14.8 Å². The summed E-state index contributed by atoms with van der Waals surface area (Å²) in [4.78, 5) is 5.62. The summed E-state index contributed by atoms with van der Waals surface area (Å²) >= 11 is 1.68. The van der Waals surface area contributed by atoms with Crippen LogP contribution in [0.5, 0.6) is 17.2 Å². The first-order valence-corrected chi connectivity index (χ1v) is 11.5. The summed E-state index contributed by atoms with van der Waals surface area (Å²) in [6.07, 6.45) is 1.31. The molecule has 2 atom stereocenters. The van der Waals surface area contributed by atoms with Crippen LogP contribution in [-0.2, 0) is 0 Å². The zero-order chi connectivity index (χ0) is 22.5. The Kier molecular flexibility index (Phi) is 4.62. The molecule has 1 N–H and O–H groups in total. The lowest BCUT2D eigenvalue weighted by atomic mass is 9.86. The van der Waals surface area contributed by atoms with E-state index in [0.29, 0.717) is 17.4 Å². The summed E-state index contributed by atoms with van der Waals surface area (Å²) in [6, 6.07) is 16.2. The number of hydrogen-bond donors (Lipinski definition) is 1. The number of benzene rings is 2. The molecule has 33 heavy (non-hydrogen) atoms. The fourth-order valence-electron chi connectivity index (χ4n) is 4.61. The SMILES string of the molecule is COc1ccc([C@H]2C3=C(Nc4ncnn42)c2cc(C)ccc2O[C@@H]3c2cccs2)cc1OC. The van der Waals surface area contributed by atoms with Gasteiger partial charge in [0.25, 0.3) is 0 Å². The van der Waals surface area contributed by atoms with E-state index in [0.717, 1.165) is 38.6 Å². The number of rotatable bonds is 4. The summed E-state index contributed by atoms with van der Waals surface area (Å²) in [5, 5.41) is 10.2. The molecule has 0 amide bonds. The van der Waals surface area contributed by atoms with Crippen LogP contribution in [0.25, 0.3) is 5.70 Å². The third-order valence-corrected chi connectivity index (χ3v) is 7.01. The van der Waals surface area contributed by atoms with Gasteiger partial charge in [-0.05, 0) is 48.2 Å². The molecule has 2 aliphatic heterocycles. The molecule has 0 bridgehead atoms. The van der Waals surface area contributed by atoms with E-state index in [1.54, 1.807) is 31.9 Å². The number of nitrogens with zero attached hydrogens (tertiary/aromatic N) is 3. The van der Waals surface area contributed by atoms with E-state index in [9.17, 15) is 0 Å². The van der Waals surface area contributed by atoms with Crippen molar-refractivity contribution in [1.29, 1.82) is 0 Å². The maximum atomic E-state index is 6.64. The predicted octanol–water partition coefficient (Wildman–Crippen LogP) is 5.23. The molecule has 0 aliphatic carbocycles. The predicted molar refractivity (Wildman–Crippen MR) is 127 cm³/mol. The van der Waals surface area contributed by atoms with E-state index < -0.39 is 0 Å². The van der Waals surface area contributed by atoms with Crippen LogP contribution in [0.15, 0.2) is 65.8 Å². The first kappa shape index (κ1) is 19.9. The normalized spacial score (nSPS) is 18.5. The van der Waals surface area contributed by atoms with E-state index in [1.807, 2.05) is 28.9 Å². The Morgan fingerprint density at radius 1 is 1.06 bits per heavy atom. The molecule has 0 radical (unpaired) electrons. The highest BCUT2D eigenvalue weighted by Crippen LogP contribution is 2.51. The van der Waals surface area contributed by atoms with Gasteiger partial charge in [0.1, 0.15) is 18.1 Å². The Labute approximate surface area is 195 Å². The molecule has 7 nitrogen and oxygen atoms in total. The van der Waals surface area contributed by atoms with Crippen molar-refractivity contribution in [3.05, 3.63) is 87.4 Å². The molecule has 8 heteroatoms. The Hall–Kier alpha value is -3.78. The topological polar surface area (TPSA) is 70.4 Å². The molecule has 0 saturated carbocycles. The minimum Gasteiger partial charge on any atom is -0.493 e. The molecule has 0 spiro atoms. The number of fused-ring (bicyclic) bond motifs is 3. The largest absolute Gasteiger partial charge is 0.493 e. The molecule has 0 unspecified atom stereocenters. The molecule has 6 rings (SSSR count). The van der Waals surface area contributed by atoms with Crippen LogP contribution in [0.1, 0.15) is 33.7 Å². The first-order chi connectivity index (χ1) is 16.2. The van der Waals surface area contributed by atoms with E-state index in [2.05, 4.69) is 52.0 Å². The second-order valence-corrected chi connectivity index (χ2v) is 8.99. The molecular formula is C25H22N4O3S. The smallest absolute Gasteiger partial charge is 0.226 e. The molecule has 4 heterocycles. The van der Waals surface area contributed by atoms with Gasteiger partial charge < -0.3 is 19.5 Å². The first-order valence-electron chi connectivity index (χ1n) is 10.6. The maximum Gasteiger partial charge on any atom is 0.226 e. The highest BCUT2D eigenvalue weighted by molar-refractivity contribution is 7.10. The molecule has 2 aromatic carbocycles. The number of nitrogens with one attached hydrogen (secondary N) is 1. The zero-order valence-electron chi connectivity index (χ0n) is 18.4. The van der Waals surface area contributed by atoms with Gasteiger partial charge in [-0.3, -0.25) is 0 Å². The number of aryl methyl sites for hydroxylation is 1. The fourth-order valence-corrected chi connectivity index (χ4v) is 5.38. The van der Waals surface area contributed by atoms with E-state index in [1.165, 1.54) is 0 Å². The van der Waals surface area contributed by atoms with Crippen molar-refractivity contribution in [2.75, 3.05) is 19.5 Å². The lowest BCUT2D eigenvalue weighted by Crippen LogP contribution is -2.32. The van der Waals surface area contributed by atoms with Crippen molar-refractivity contribution >= 4 is 23.0 Å². The summed E-state index contributed by atoms with van der Waals surface area (Å²) in [7, 11) is 3.28. The van der Waals surface area contributed by atoms with Crippen LogP contribution in [-0.4, -0.2) is 29.0 Å². The van der Waals surface area contributed by atoms with Crippen molar-refractivity contribution in [2.45, 2.75) is 19.1 Å². The van der Waals surface area contributed by atoms with Gasteiger partial charge in [-0.15, -0.1) is 11.3 Å². The van der Waals surface area contributed by atoms with Gasteiger partial charge in [0.15, 0.2) is 17.6 Å². The minimum absolute atomic E-state index is 0.237. The molecule has 0 saturated heterocycles. The fraction of sp³-hybridized carbons (Fsp3) is 0.200. The average molecular weight is 459 g/mol. The highest BCUT2D eigenvalue weighted by atomic mass is 32.1. The zero-order valence-corrected chi connectivity index (χ0v) is 19.2. The quantitative estimate of drug-likeness (QED) is 0.452. The molecule has 4 aromatic rings. The third kappa shape index (κ3) is 3.09. The average Bonchev–Trinajstić information content (AvgIpc) is 3.54. The minimum atomic E-state index is -0.266. The van der Waals surface area contributed by atoms with Gasteiger partial charge in [-0.25, -0.2) is 4.68 Å². The second-order valence-electron chi connectivity index (χ2n) is 8.01. The van der Waals surface area contributed by atoms with Gasteiger partial charge in [0.2, 0.25) is 5.95 Å². The Bertz CT molecular complexity index is 1380. The van der Waals surface area contributed by atoms with Gasteiger partial charge in [0, 0.05) is 16.0 Å². The summed E-state index contributed by atoms with van der Waals surface area (Å²) < 4.78 is 19.6. The molecule has 2 aromatic heterocycles. The van der Waals surface area contributed by atoms with Crippen LogP contribution in [0.2, 0.25) is 0 Å². The maximum absolute atomic E-state index is 6.64. The molecule has 166 valence electrons. The Morgan fingerprint density at radius 3 is 2.73 bits per heavy atom. The number of ether oxygens (including phenoxy) is 3. The van der Waals surface area contributed by atoms with Crippen molar-refractivity contribution in [3.8, 4) is 17.2 Å². The lowest BCUT2D eigenvalue weighted by molar-refractivity contribution is 0.226. The number of hydrogen-bond acceptors (Lipinski definition) is 7. The van der Waals surface area contributed by atoms with Crippen LogP contribution in [0, 0.1) is 6.92 Å². The van der Waals surface area contributed by atoms with Crippen LogP contribution < -0.4 is 19.5 Å².